The Kier molecular flexibility index (Phi) is 3.16. The first-order chi connectivity index (χ1) is 9.21. The highest BCUT2D eigenvalue weighted by Gasteiger charge is 2.28. The highest BCUT2D eigenvalue weighted by molar-refractivity contribution is 5.55. The molecule has 0 spiro atoms. The fourth-order valence-corrected chi connectivity index (χ4v) is 1.98. The van der Waals surface area contributed by atoms with Crippen molar-refractivity contribution in [3.63, 3.8) is 0 Å². The van der Waals surface area contributed by atoms with Gasteiger partial charge in [0, 0.05) is 17.5 Å². The standard InChI is InChI=1S/C12H14FN5O2/c1-12(2,3)10-11(14)15-16-17(10)9-6-7(13)4-5-8(9)18(19)20/h4-6H,14H2,1-3H3. The van der Waals surface area contributed by atoms with Crippen molar-refractivity contribution < 1.29 is 9.31 Å². The average Bonchev–Trinajstić information content (AvgIpc) is 2.70. The van der Waals surface area contributed by atoms with Crippen LogP contribution in [0.15, 0.2) is 18.2 Å². The summed E-state index contributed by atoms with van der Waals surface area (Å²) in [6.07, 6.45) is 0. The van der Waals surface area contributed by atoms with Crippen LogP contribution in [-0.4, -0.2) is 19.9 Å². The first-order valence-corrected chi connectivity index (χ1v) is 5.88. The molecule has 2 rings (SSSR count). The van der Waals surface area contributed by atoms with Crippen LogP contribution in [0.5, 0.6) is 0 Å². The Bertz CT molecular complexity index is 675. The highest BCUT2D eigenvalue weighted by atomic mass is 19.1. The van der Waals surface area contributed by atoms with Gasteiger partial charge in [0.25, 0.3) is 5.69 Å². The molecule has 20 heavy (non-hydrogen) atoms. The number of nitrogens with two attached hydrogens (primary N) is 1. The fourth-order valence-electron chi connectivity index (χ4n) is 1.98. The first-order valence-electron chi connectivity index (χ1n) is 5.88. The van der Waals surface area contributed by atoms with Gasteiger partial charge in [-0.2, -0.15) is 0 Å². The van der Waals surface area contributed by atoms with Crippen molar-refractivity contribution in [2.45, 2.75) is 26.2 Å². The number of halogens is 1. The maximum Gasteiger partial charge on any atom is 0.295 e. The van der Waals surface area contributed by atoms with Gasteiger partial charge in [-0.25, -0.2) is 9.07 Å². The summed E-state index contributed by atoms with van der Waals surface area (Å²) in [6.45, 7) is 5.59. The van der Waals surface area contributed by atoms with Crippen LogP contribution < -0.4 is 5.73 Å². The van der Waals surface area contributed by atoms with E-state index in [2.05, 4.69) is 10.3 Å². The molecule has 0 aliphatic heterocycles. The zero-order chi connectivity index (χ0) is 15.1. The number of rotatable bonds is 2. The molecule has 8 heteroatoms. The minimum atomic E-state index is -0.598. The van der Waals surface area contributed by atoms with Gasteiger partial charge >= 0.3 is 0 Å². The summed E-state index contributed by atoms with van der Waals surface area (Å²) in [7, 11) is 0. The monoisotopic (exact) mass is 279 g/mol. The topological polar surface area (TPSA) is 99.9 Å². The zero-order valence-electron chi connectivity index (χ0n) is 11.3. The van der Waals surface area contributed by atoms with Crippen molar-refractivity contribution in [1.29, 1.82) is 0 Å². The maximum absolute atomic E-state index is 13.4. The van der Waals surface area contributed by atoms with Gasteiger partial charge in [-0.15, -0.1) is 5.10 Å². The lowest BCUT2D eigenvalue weighted by atomic mass is 9.91. The number of aromatic nitrogens is 3. The summed E-state index contributed by atoms with van der Waals surface area (Å²) in [6, 6.07) is 3.16. The third-order valence-corrected chi connectivity index (χ3v) is 2.77. The molecule has 0 unspecified atom stereocenters. The van der Waals surface area contributed by atoms with Crippen LogP contribution in [0.3, 0.4) is 0 Å². The molecular formula is C12H14FN5O2. The van der Waals surface area contributed by atoms with E-state index in [9.17, 15) is 14.5 Å². The smallest absolute Gasteiger partial charge is 0.295 e. The van der Waals surface area contributed by atoms with Crippen molar-refractivity contribution in [3.05, 3.63) is 39.8 Å². The Morgan fingerprint density at radius 2 is 2.05 bits per heavy atom. The van der Waals surface area contributed by atoms with Gasteiger partial charge in [0.1, 0.15) is 11.5 Å². The van der Waals surface area contributed by atoms with E-state index < -0.39 is 16.2 Å². The summed E-state index contributed by atoms with van der Waals surface area (Å²) in [5, 5.41) is 18.6. The van der Waals surface area contributed by atoms with Crippen LogP contribution >= 0.6 is 0 Å². The van der Waals surface area contributed by atoms with Gasteiger partial charge in [0.2, 0.25) is 0 Å². The molecule has 0 radical (unpaired) electrons. The number of nitro benzene ring substituents is 1. The number of nitrogen functional groups attached to an aromatic ring is 1. The lowest BCUT2D eigenvalue weighted by Gasteiger charge is -2.20. The number of benzene rings is 1. The van der Waals surface area contributed by atoms with E-state index in [4.69, 9.17) is 5.73 Å². The van der Waals surface area contributed by atoms with Crippen molar-refractivity contribution >= 4 is 11.5 Å². The van der Waals surface area contributed by atoms with E-state index in [0.29, 0.717) is 5.69 Å². The molecule has 1 heterocycles. The summed E-state index contributed by atoms with van der Waals surface area (Å²) < 4.78 is 14.6. The van der Waals surface area contributed by atoms with E-state index in [0.717, 1.165) is 18.2 Å². The SMILES string of the molecule is CC(C)(C)c1c(N)nnn1-c1cc(F)ccc1[N+](=O)[O-]. The quantitative estimate of drug-likeness (QED) is 0.671. The molecule has 0 fully saturated rings. The Hall–Kier alpha value is -2.51. The van der Waals surface area contributed by atoms with Gasteiger partial charge in [-0.1, -0.05) is 26.0 Å². The summed E-state index contributed by atoms with van der Waals surface area (Å²) in [5.74, 6) is -0.435. The second-order valence-corrected chi connectivity index (χ2v) is 5.38. The predicted octanol–water partition coefficient (Wildman–Crippen LogP) is 2.19. The van der Waals surface area contributed by atoms with E-state index in [1.54, 1.807) is 0 Å². The molecule has 0 saturated carbocycles. The number of hydrogen-bond donors (Lipinski definition) is 1. The molecule has 1 aromatic heterocycles. The fraction of sp³-hybridized carbons (Fsp3) is 0.333. The van der Waals surface area contributed by atoms with E-state index in [-0.39, 0.29) is 17.2 Å². The molecule has 0 aliphatic rings. The number of nitrogens with zero attached hydrogens (tertiary/aromatic N) is 4. The Morgan fingerprint density at radius 1 is 1.40 bits per heavy atom. The van der Waals surface area contributed by atoms with E-state index in [1.807, 2.05) is 20.8 Å². The highest BCUT2D eigenvalue weighted by Crippen LogP contribution is 2.31. The third kappa shape index (κ3) is 2.31. The molecule has 0 aliphatic carbocycles. The maximum atomic E-state index is 13.4. The minimum Gasteiger partial charge on any atom is -0.381 e. The van der Waals surface area contributed by atoms with Gasteiger partial charge < -0.3 is 5.73 Å². The normalized spacial score (nSPS) is 11.6. The summed E-state index contributed by atoms with van der Waals surface area (Å²) in [4.78, 5) is 10.5. The molecule has 2 N–H and O–H groups in total. The molecule has 106 valence electrons. The average molecular weight is 279 g/mol. The third-order valence-electron chi connectivity index (χ3n) is 2.77. The second kappa shape index (κ2) is 4.55. The number of hydrogen-bond acceptors (Lipinski definition) is 5. The molecule has 0 amide bonds. The van der Waals surface area contributed by atoms with Crippen molar-refractivity contribution in [2.75, 3.05) is 5.73 Å². The van der Waals surface area contributed by atoms with Crippen molar-refractivity contribution in [2.24, 2.45) is 0 Å². The molecule has 0 bridgehead atoms. The Labute approximate surface area is 114 Å². The van der Waals surface area contributed by atoms with Crippen LogP contribution in [0.25, 0.3) is 5.69 Å². The lowest BCUT2D eigenvalue weighted by Crippen LogP contribution is -2.19. The number of anilines is 1. The van der Waals surface area contributed by atoms with Crippen LogP contribution in [0.1, 0.15) is 26.5 Å². The van der Waals surface area contributed by atoms with Crippen LogP contribution in [0.2, 0.25) is 0 Å². The largest absolute Gasteiger partial charge is 0.381 e. The minimum absolute atomic E-state index is 0.00382. The Morgan fingerprint density at radius 3 is 2.60 bits per heavy atom. The van der Waals surface area contributed by atoms with Crippen LogP contribution in [-0.2, 0) is 5.41 Å². The summed E-state index contributed by atoms with van der Waals surface area (Å²) >= 11 is 0. The lowest BCUT2D eigenvalue weighted by molar-refractivity contribution is -0.384. The van der Waals surface area contributed by atoms with Gasteiger partial charge in [0.05, 0.1) is 10.6 Å². The van der Waals surface area contributed by atoms with Crippen molar-refractivity contribution in [3.8, 4) is 5.69 Å². The van der Waals surface area contributed by atoms with E-state index in [1.165, 1.54) is 4.68 Å². The second-order valence-electron chi connectivity index (χ2n) is 5.38. The van der Waals surface area contributed by atoms with Gasteiger partial charge in [-0.3, -0.25) is 10.1 Å². The zero-order valence-corrected chi connectivity index (χ0v) is 11.3. The molecular weight excluding hydrogens is 265 g/mol. The first kappa shape index (κ1) is 13.9. The summed E-state index contributed by atoms with van der Waals surface area (Å²) in [5.41, 5.74) is 5.55. The van der Waals surface area contributed by atoms with E-state index >= 15 is 0 Å². The van der Waals surface area contributed by atoms with Crippen LogP contribution in [0.4, 0.5) is 15.9 Å². The molecule has 2 aromatic rings. The molecule has 1 aromatic carbocycles. The van der Waals surface area contributed by atoms with Crippen LogP contribution in [0, 0.1) is 15.9 Å². The van der Waals surface area contributed by atoms with Crippen molar-refractivity contribution in [1.82, 2.24) is 15.0 Å². The Balaban J connectivity index is 2.76. The molecule has 0 saturated heterocycles. The molecule has 7 nitrogen and oxygen atoms in total. The predicted molar refractivity (Wildman–Crippen MR) is 71.1 cm³/mol. The van der Waals surface area contributed by atoms with Gasteiger partial charge in [-0.05, 0) is 6.07 Å². The van der Waals surface area contributed by atoms with Gasteiger partial charge in [0.15, 0.2) is 5.82 Å². The molecule has 0 atom stereocenters. The number of nitro groups is 1.